The number of rotatable bonds is 4. The van der Waals surface area contributed by atoms with Crippen molar-refractivity contribution in [3.63, 3.8) is 0 Å². The van der Waals surface area contributed by atoms with E-state index in [0.29, 0.717) is 22.7 Å². The SMILES string of the molecule is Nc1ncnc2c1ncn2C1CCC(CO[P+]2(O)OCc3ccccc3O2)O1. The Balaban J connectivity index is 1.23. The number of nitrogens with zero attached hydrogens (tertiary/aromatic N) is 4. The van der Waals surface area contributed by atoms with Crippen LogP contribution in [0.1, 0.15) is 24.6 Å². The lowest BCUT2D eigenvalue weighted by Gasteiger charge is -2.22. The van der Waals surface area contributed by atoms with Crippen LogP contribution in [0.3, 0.4) is 0 Å². The number of hydrogen-bond donors (Lipinski definition) is 2. The quantitative estimate of drug-likeness (QED) is 0.630. The Morgan fingerprint density at radius 2 is 2.14 bits per heavy atom. The molecule has 4 heterocycles. The van der Waals surface area contributed by atoms with Gasteiger partial charge in [0.2, 0.25) is 0 Å². The lowest BCUT2D eigenvalue weighted by atomic mass is 10.2. The molecule has 0 saturated carbocycles. The molecule has 0 spiro atoms. The minimum Gasteiger partial charge on any atom is -0.382 e. The van der Waals surface area contributed by atoms with Gasteiger partial charge >= 0.3 is 8.17 Å². The van der Waals surface area contributed by atoms with Crippen molar-refractivity contribution in [3.8, 4) is 5.75 Å². The minimum atomic E-state index is -3.41. The predicted octanol–water partition coefficient (Wildman–Crippen LogP) is 2.38. The van der Waals surface area contributed by atoms with E-state index in [1.54, 1.807) is 12.4 Å². The highest BCUT2D eigenvalue weighted by Gasteiger charge is 2.51. The van der Waals surface area contributed by atoms with Crippen molar-refractivity contribution in [2.75, 3.05) is 12.3 Å². The van der Waals surface area contributed by atoms with Gasteiger partial charge in [-0.25, -0.2) is 15.0 Å². The molecule has 0 radical (unpaired) electrons. The minimum absolute atomic E-state index is 0.159. The Morgan fingerprint density at radius 1 is 1.25 bits per heavy atom. The maximum atomic E-state index is 10.5. The third-order valence-electron chi connectivity index (χ3n) is 4.78. The molecule has 5 rings (SSSR count). The Morgan fingerprint density at radius 3 is 3.07 bits per heavy atom. The highest BCUT2D eigenvalue weighted by Crippen LogP contribution is 2.61. The van der Waals surface area contributed by atoms with E-state index in [-0.39, 0.29) is 25.5 Å². The standard InChI is InChI=1S/C17H19N5O5P/c18-16-15-17(20-9-19-16)22(10-21-15)14-6-5-12(26-14)8-25-28(23)24-7-11-3-1-2-4-13(11)27-28/h1-4,9-10,12,14,23H,5-8H2,(H2,18,19,20)/q+1. The Kier molecular flexibility index (Phi) is 4.37. The van der Waals surface area contributed by atoms with Crippen LogP contribution in [0.5, 0.6) is 5.75 Å². The van der Waals surface area contributed by atoms with Crippen molar-refractivity contribution < 1.29 is 23.2 Å². The molecule has 2 aliphatic heterocycles. The van der Waals surface area contributed by atoms with E-state index in [0.717, 1.165) is 18.4 Å². The van der Waals surface area contributed by atoms with Crippen LogP contribution in [-0.4, -0.2) is 37.1 Å². The lowest BCUT2D eigenvalue weighted by molar-refractivity contribution is -0.0267. The van der Waals surface area contributed by atoms with Crippen molar-refractivity contribution in [1.29, 1.82) is 0 Å². The second-order valence-corrected chi connectivity index (χ2v) is 8.25. The summed E-state index contributed by atoms with van der Waals surface area (Å²) in [4.78, 5) is 23.0. The van der Waals surface area contributed by atoms with E-state index in [2.05, 4.69) is 15.0 Å². The Bertz CT molecular complexity index is 1020. The number of fused-ring (bicyclic) bond motifs is 2. The number of benzene rings is 1. The highest BCUT2D eigenvalue weighted by atomic mass is 31.2. The van der Waals surface area contributed by atoms with Crippen LogP contribution in [0.4, 0.5) is 5.82 Å². The van der Waals surface area contributed by atoms with E-state index >= 15 is 0 Å². The van der Waals surface area contributed by atoms with Crippen molar-refractivity contribution in [2.45, 2.75) is 31.8 Å². The summed E-state index contributed by atoms with van der Waals surface area (Å²) in [5.41, 5.74) is 7.89. The smallest absolute Gasteiger partial charge is 0.382 e. The summed E-state index contributed by atoms with van der Waals surface area (Å²) in [5.74, 6) is 0.914. The van der Waals surface area contributed by atoms with Crippen molar-refractivity contribution >= 4 is 25.2 Å². The topological polar surface area (TPSA) is 127 Å². The van der Waals surface area contributed by atoms with Gasteiger partial charge in [0, 0.05) is 5.56 Å². The van der Waals surface area contributed by atoms with Crippen LogP contribution < -0.4 is 10.3 Å². The largest absolute Gasteiger partial charge is 0.619 e. The zero-order valence-corrected chi connectivity index (χ0v) is 15.7. The van der Waals surface area contributed by atoms with Gasteiger partial charge in [0.25, 0.3) is 0 Å². The molecule has 11 heteroatoms. The number of anilines is 1. The van der Waals surface area contributed by atoms with Crippen LogP contribution in [0.2, 0.25) is 0 Å². The summed E-state index contributed by atoms with van der Waals surface area (Å²) in [6, 6.07) is 7.40. The second kappa shape index (κ2) is 6.91. The summed E-state index contributed by atoms with van der Waals surface area (Å²) in [6.07, 6.45) is 4.10. The van der Waals surface area contributed by atoms with E-state index in [1.165, 1.54) is 6.33 Å². The maximum absolute atomic E-state index is 10.5. The summed E-state index contributed by atoms with van der Waals surface area (Å²) >= 11 is 0. The van der Waals surface area contributed by atoms with Gasteiger partial charge in [-0.05, 0) is 18.9 Å². The first-order chi connectivity index (χ1) is 13.6. The van der Waals surface area contributed by atoms with Crippen LogP contribution >= 0.6 is 8.17 Å². The van der Waals surface area contributed by atoms with Crippen LogP contribution in [0.25, 0.3) is 11.2 Å². The molecule has 28 heavy (non-hydrogen) atoms. The zero-order valence-electron chi connectivity index (χ0n) is 14.8. The molecule has 1 aromatic carbocycles. The molecule has 1 saturated heterocycles. The molecule has 3 aromatic rings. The lowest BCUT2D eigenvalue weighted by Crippen LogP contribution is -2.21. The monoisotopic (exact) mass is 404 g/mol. The summed E-state index contributed by atoms with van der Waals surface area (Å²) in [6.45, 7) is 0.406. The first-order valence-electron chi connectivity index (χ1n) is 8.88. The van der Waals surface area contributed by atoms with Crippen molar-refractivity contribution in [2.24, 2.45) is 0 Å². The van der Waals surface area contributed by atoms with Gasteiger partial charge in [-0.2, -0.15) is 4.89 Å². The van der Waals surface area contributed by atoms with E-state index in [1.807, 2.05) is 22.8 Å². The number of aromatic nitrogens is 4. The third kappa shape index (κ3) is 3.19. The van der Waals surface area contributed by atoms with Crippen LogP contribution in [-0.2, 0) is 20.4 Å². The van der Waals surface area contributed by atoms with Crippen LogP contribution in [0, 0.1) is 0 Å². The molecule has 3 unspecified atom stereocenters. The van der Waals surface area contributed by atoms with Gasteiger partial charge in [-0.15, -0.1) is 9.05 Å². The average Bonchev–Trinajstić information content (AvgIpc) is 3.34. The Labute approximate surface area is 160 Å². The molecule has 0 bridgehead atoms. The summed E-state index contributed by atoms with van der Waals surface area (Å²) < 4.78 is 24.5. The van der Waals surface area contributed by atoms with Gasteiger partial charge < -0.3 is 10.5 Å². The molecule has 2 aromatic heterocycles. The van der Waals surface area contributed by atoms with E-state index in [4.69, 9.17) is 24.0 Å². The molecule has 0 amide bonds. The predicted molar refractivity (Wildman–Crippen MR) is 99.8 cm³/mol. The first-order valence-corrected chi connectivity index (χ1v) is 10.4. The summed E-state index contributed by atoms with van der Waals surface area (Å²) in [7, 11) is -3.41. The van der Waals surface area contributed by atoms with Crippen molar-refractivity contribution in [3.05, 3.63) is 42.5 Å². The maximum Gasteiger partial charge on any atom is 0.619 e. The molecular weight excluding hydrogens is 385 g/mol. The highest BCUT2D eigenvalue weighted by molar-refractivity contribution is 7.55. The number of imidazole rings is 1. The molecular formula is C17H19N5O5P+. The molecule has 10 nitrogen and oxygen atoms in total. The number of ether oxygens (including phenoxy) is 1. The zero-order chi connectivity index (χ0) is 19.1. The van der Waals surface area contributed by atoms with E-state index in [9.17, 15) is 4.89 Å². The second-order valence-electron chi connectivity index (χ2n) is 6.61. The number of para-hydroxylation sites is 1. The fourth-order valence-corrected chi connectivity index (χ4v) is 4.61. The Hall–Kier alpha value is -2.36. The van der Waals surface area contributed by atoms with Gasteiger partial charge in [0.15, 0.2) is 17.2 Å². The molecule has 1 fully saturated rings. The van der Waals surface area contributed by atoms with Crippen LogP contribution in [0.15, 0.2) is 36.9 Å². The van der Waals surface area contributed by atoms with Gasteiger partial charge in [-0.3, -0.25) is 9.09 Å². The summed E-state index contributed by atoms with van der Waals surface area (Å²) in [5, 5.41) is 0. The molecule has 146 valence electrons. The number of nitrogens with two attached hydrogens (primary N) is 1. The number of hydrogen-bond acceptors (Lipinski definition) is 9. The molecule has 3 N–H and O–H groups in total. The van der Waals surface area contributed by atoms with Gasteiger partial charge in [0.1, 0.15) is 31.3 Å². The third-order valence-corrected chi connectivity index (χ3v) is 6.13. The van der Waals surface area contributed by atoms with Gasteiger partial charge in [0.05, 0.1) is 12.4 Å². The average molecular weight is 404 g/mol. The van der Waals surface area contributed by atoms with Gasteiger partial charge in [-0.1, -0.05) is 18.2 Å². The fourth-order valence-electron chi connectivity index (χ4n) is 3.35. The normalized spacial score (nSPS) is 26.9. The molecule has 0 aliphatic carbocycles. The fraction of sp³-hybridized carbons (Fsp3) is 0.353. The van der Waals surface area contributed by atoms with Crippen molar-refractivity contribution in [1.82, 2.24) is 19.5 Å². The molecule has 3 atom stereocenters. The van der Waals surface area contributed by atoms with E-state index < -0.39 is 8.17 Å². The first kappa shape index (κ1) is 17.7. The number of nitrogen functional groups attached to an aromatic ring is 1. The molecule has 2 aliphatic rings.